The van der Waals surface area contributed by atoms with Gasteiger partial charge in [0.05, 0.1) is 5.52 Å². The van der Waals surface area contributed by atoms with Gasteiger partial charge in [-0.25, -0.2) is 35.9 Å². The number of piperazine rings is 1. The largest absolute Gasteiger partial charge is 0.353 e. The minimum atomic E-state index is -4.25. The molecule has 158 valence electrons. The van der Waals surface area contributed by atoms with E-state index in [1.165, 1.54) is 0 Å². The van der Waals surface area contributed by atoms with E-state index >= 15 is 0 Å². The lowest BCUT2D eigenvalue weighted by atomic mass is 10.2. The van der Waals surface area contributed by atoms with E-state index in [1.54, 1.807) is 29.2 Å². The smallest absolute Gasteiger partial charge is 0.297 e. The zero-order valence-electron chi connectivity index (χ0n) is 15.5. The SMILES string of the molecule is O=S(=O)(c1cc(F)ccc1F)N1CCN(c2nc(C(F)F)nc3ccccc23)CC1. The molecule has 2 heterocycles. The van der Waals surface area contributed by atoms with Crippen molar-refractivity contribution in [2.75, 3.05) is 31.1 Å². The number of hydrogen-bond donors (Lipinski definition) is 0. The van der Waals surface area contributed by atoms with Gasteiger partial charge in [0, 0.05) is 31.6 Å². The van der Waals surface area contributed by atoms with Gasteiger partial charge in [0.25, 0.3) is 6.43 Å². The van der Waals surface area contributed by atoms with E-state index in [0.29, 0.717) is 17.0 Å². The van der Waals surface area contributed by atoms with Crippen molar-refractivity contribution in [3.8, 4) is 0 Å². The van der Waals surface area contributed by atoms with Crippen molar-refractivity contribution >= 4 is 26.7 Å². The fourth-order valence-electron chi connectivity index (χ4n) is 3.37. The summed E-state index contributed by atoms with van der Waals surface area (Å²) < 4.78 is 80.4. The molecule has 1 aromatic heterocycles. The molecule has 0 saturated carbocycles. The molecule has 0 amide bonds. The van der Waals surface area contributed by atoms with Crippen LogP contribution in [0.15, 0.2) is 47.4 Å². The van der Waals surface area contributed by atoms with E-state index in [-0.39, 0.29) is 32.0 Å². The molecular formula is C19H16F4N4O2S. The highest BCUT2D eigenvalue weighted by atomic mass is 32.2. The van der Waals surface area contributed by atoms with Crippen LogP contribution in [0.25, 0.3) is 10.9 Å². The van der Waals surface area contributed by atoms with Crippen LogP contribution in [0.3, 0.4) is 0 Å². The number of para-hydroxylation sites is 1. The molecule has 1 aliphatic rings. The lowest BCUT2D eigenvalue weighted by Gasteiger charge is -2.35. The third kappa shape index (κ3) is 3.70. The van der Waals surface area contributed by atoms with Crippen LogP contribution in [0, 0.1) is 11.6 Å². The Hall–Kier alpha value is -2.79. The molecule has 0 aliphatic carbocycles. The number of hydrogen-bond acceptors (Lipinski definition) is 5. The average molecular weight is 440 g/mol. The van der Waals surface area contributed by atoms with Gasteiger partial charge in [-0.05, 0) is 30.3 Å². The zero-order valence-corrected chi connectivity index (χ0v) is 16.3. The summed E-state index contributed by atoms with van der Waals surface area (Å²) >= 11 is 0. The first-order valence-electron chi connectivity index (χ1n) is 9.02. The first kappa shape index (κ1) is 20.5. The number of rotatable bonds is 4. The fourth-order valence-corrected chi connectivity index (χ4v) is 4.87. The van der Waals surface area contributed by atoms with Gasteiger partial charge >= 0.3 is 0 Å². The first-order valence-corrected chi connectivity index (χ1v) is 10.5. The number of sulfonamides is 1. The molecule has 1 fully saturated rings. The second kappa shape index (κ2) is 7.80. The van der Waals surface area contributed by atoms with Crippen molar-refractivity contribution in [3.05, 3.63) is 59.9 Å². The van der Waals surface area contributed by atoms with Crippen molar-refractivity contribution in [2.24, 2.45) is 0 Å². The van der Waals surface area contributed by atoms with Crippen LogP contribution >= 0.6 is 0 Å². The average Bonchev–Trinajstić information content (AvgIpc) is 2.74. The monoisotopic (exact) mass is 440 g/mol. The Morgan fingerprint density at radius 3 is 2.33 bits per heavy atom. The third-order valence-electron chi connectivity index (χ3n) is 4.84. The maximum Gasteiger partial charge on any atom is 0.297 e. The molecule has 0 atom stereocenters. The topological polar surface area (TPSA) is 66.4 Å². The van der Waals surface area contributed by atoms with E-state index in [9.17, 15) is 26.0 Å². The van der Waals surface area contributed by atoms with Gasteiger partial charge in [0.1, 0.15) is 22.3 Å². The van der Waals surface area contributed by atoms with Crippen molar-refractivity contribution in [1.82, 2.24) is 14.3 Å². The van der Waals surface area contributed by atoms with E-state index in [4.69, 9.17) is 0 Å². The third-order valence-corrected chi connectivity index (χ3v) is 6.76. The number of nitrogens with zero attached hydrogens (tertiary/aromatic N) is 4. The number of fused-ring (bicyclic) bond motifs is 1. The molecule has 3 aromatic rings. The normalized spacial score (nSPS) is 15.8. The molecular weight excluding hydrogens is 424 g/mol. The van der Waals surface area contributed by atoms with Gasteiger partial charge in [-0.15, -0.1) is 0 Å². The first-order chi connectivity index (χ1) is 14.3. The Bertz CT molecular complexity index is 1200. The maximum absolute atomic E-state index is 14.0. The molecule has 0 unspecified atom stereocenters. The van der Waals surface area contributed by atoms with Gasteiger partial charge in [0.15, 0.2) is 5.82 Å². The van der Waals surface area contributed by atoms with Crippen molar-refractivity contribution in [3.63, 3.8) is 0 Å². The summed E-state index contributed by atoms with van der Waals surface area (Å²) in [6, 6.07) is 8.94. The minimum Gasteiger partial charge on any atom is -0.353 e. The number of alkyl halides is 2. The van der Waals surface area contributed by atoms with Crippen LogP contribution in [-0.2, 0) is 10.0 Å². The van der Waals surface area contributed by atoms with Gasteiger partial charge in [-0.2, -0.15) is 4.31 Å². The second-order valence-electron chi connectivity index (χ2n) is 6.69. The second-order valence-corrected chi connectivity index (χ2v) is 8.60. The lowest BCUT2D eigenvalue weighted by molar-refractivity contribution is 0.141. The van der Waals surface area contributed by atoms with Gasteiger partial charge in [-0.1, -0.05) is 12.1 Å². The molecule has 6 nitrogen and oxygen atoms in total. The van der Waals surface area contributed by atoms with E-state index < -0.39 is 38.8 Å². The standard InChI is InChI=1S/C19H16F4N4O2S/c20-12-5-6-14(21)16(11-12)30(28,29)27-9-7-26(8-10-27)19-13-3-1-2-4-15(13)24-18(25-19)17(22)23/h1-6,11,17H,7-10H2. The van der Waals surface area contributed by atoms with Crippen molar-refractivity contribution in [1.29, 1.82) is 0 Å². The van der Waals surface area contributed by atoms with Gasteiger partial charge in [-0.3, -0.25) is 0 Å². The van der Waals surface area contributed by atoms with E-state index in [2.05, 4.69) is 9.97 Å². The number of benzene rings is 2. The summed E-state index contributed by atoms with van der Waals surface area (Å²) in [6.45, 7) is 0.195. The zero-order chi connectivity index (χ0) is 21.5. The molecule has 1 aliphatic heterocycles. The van der Waals surface area contributed by atoms with Gasteiger partial charge in [0.2, 0.25) is 10.0 Å². The quantitative estimate of drug-likeness (QED) is 0.582. The number of halogens is 4. The fraction of sp³-hybridized carbons (Fsp3) is 0.263. The molecule has 30 heavy (non-hydrogen) atoms. The highest BCUT2D eigenvalue weighted by Crippen LogP contribution is 2.29. The van der Waals surface area contributed by atoms with Crippen LogP contribution < -0.4 is 4.90 Å². The molecule has 0 N–H and O–H groups in total. The number of aromatic nitrogens is 2. The van der Waals surface area contributed by atoms with E-state index in [0.717, 1.165) is 16.4 Å². The van der Waals surface area contributed by atoms with E-state index in [1.807, 2.05) is 0 Å². The summed E-state index contributed by atoms with van der Waals surface area (Å²) in [5.41, 5.74) is 0.356. The molecule has 11 heteroatoms. The Morgan fingerprint density at radius 1 is 0.933 bits per heavy atom. The predicted octanol–water partition coefficient (Wildman–Crippen LogP) is 3.36. The summed E-state index contributed by atoms with van der Waals surface area (Å²) in [6.07, 6.45) is -2.86. The molecule has 0 bridgehead atoms. The van der Waals surface area contributed by atoms with Gasteiger partial charge < -0.3 is 4.90 Å². The Labute approximate surface area is 169 Å². The highest BCUT2D eigenvalue weighted by molar-refractivity contribution is 7.89. The van der Waals surface area contributed by atoms with Crippen LogP contribution in [-0.4, -0.2) is 48.9 Å². The predicted molar refractivity (Wildman–Crippen MR) is 102 cm³/mol. The molecule has 1 saturated heterocycles. The highest BCUT2D eigenvalue weighted by Gasteiger charge is 2.32. The van der Waals surface area contributed by atoms with Crippen molar-refractivity contribution in [2.45, 2.75) is 11.3 Å². The summed E-state index contributed by atoms with van der Waals surface area (Å²) in [4.78, 5) is 8.80. The summed E-state index contributed by atoms with van der Waals surface area (Å²) in [5.74, 6) is -2.23. The summed E-state index contributed by atoms with van der Waals surface area (Å²) in [7, 11) is -4.25. The van der Waals surface area contributed by atoms with Crippen LogP contribution in [0.2, 0.25) is 0 Å². The Balaban J connectivity index is 1.62. The molecule has 0 radical (unpaired) electrons. The maximum atomic E-state index is 14.0. The molecule has 4 rings (SSSR count). The lowest BCUT2D eigenvalue weighted by Crippen LogP contribution is -2.49. The minimum absolute atomic E-state index is 0.0410. The Kier molecular flexibility index (Phi) is 5.33. The molecule has 0 spiro atoms. The molecule has 2 aromatic carbocycles. The van der Waals surface area contributed by atoms with Crippen LogP contribution in [0.1, 0.15) is 12.2 Å². The Morgan fingerprint density at radius 2 is 1.63 bits per heavy atom. The van der Waals surface area contributed by atoms with Crippen LogP contribution in [0.5, 0.6) is 0 Å². The number of anilines is 1. The van der Waals surface area contributed by atoms with Crippen molar-refractivity contribution < 1.29 is 26.0 Å². The van der Waals surface area contributed by atoms with Crippen LogP contribution in [0.4, 0.5) is 23.4 Å². The summed E-state index contributed by atoms with van der Waals surface area (Å²) in [5, 5.41) is 0.564.